The van der Waals surface area contributed by atoms with Gasteiger partial charge in [-0.15, -0.1) is 0 Å². The van der Waals surface area contributed by atoms with Crippen LogP contribution in [0.25, 0.3) is 0 Å². The number of halogens is 1. The molecule has 0 saturated carbocycles. The molecule has 0 N–H and O–H groups in total. The number of alkyl halides is 1. The van der Waals surface area contributed by atoms with Gasteiger partial charge in [-0.05, 0) is 55.3 Å². The molecule has 3 heterocycles. The van der Waals surface area contributed by atoms with Crippen molar-refractivity contribution in [1.82, 2.24) is 14.8 Å². The normalized spacial score (nSPS) is 29.1. The number of hydrazone groups is 1. The van der Waals surface area contributed by atoms with Gasteiger partial charge in [-0.1, -0.05) is 0 Å². The molecule has 2 unspecified atom stereocenters. The maximum Gasteiger partial charge on any atom is 0.123 e. The van der Waals surface area contributed by atoms with Gasteiger partial charge in [0.25, 0.3) is 0 Å². The standard InChI is InChI=1S/C20H27FN4O/c1-23-11-16-13-25(14-17(16)12-23)20-8-7-19(22-24(20)2)15-3-5-18(6-4-15)26-10-9-21/h3-8,16-17,20H,9-14H2,1-2H3/t16-,17?,20?/m0/s1. The average molecular weight is 358 g/mol. The van der Waals surface area contributed by atoms with E-state index in [-0.39, 0.29) is 12.8 Å². The maximum absolute atomic E-state index is 12.2. The number of fused-ring (bicyclic) bond motifs is 1. The van der Waals surface area contributed by atoms with E-state index in [0.717, 1.165) is 36.2 Å². The molecular weight excluding hydrogens is 331 g/mol. The van der Waals surface area contributed by atoms with Gasteiger partial charge < -0.3 is 9.64 Å². The van der Waals surface area contributed by atoms with E-state index in [2.05, 4.69) is 34.0 Å². The lowest BCUT2D eigenvalue weighted by atomic mass is 10.0. The van der Waals surface area contributed by atoms with E-state index in [4.69, 9.17) is 9.84 Å². The Kier molecular flexibility index (Phi) is 4.96. The van der Waals surface area contributed by atoms with E-state index in [1.807, 2.05) is 31.3 Å². The first-order chi connectivity index (χ1) is 12.6. The van der Waals surface area contributed by atoms with Gasteiger partial charge >= 0.3 is 0 Å². The van der Waals surface area contributed by atoms with Crippen LogP contribution < -0.4 is 4.74 Å². The molecule has 26 heavy (non-hydrogen) atoms. The van der Waals surface area contributed by atoms with Crippen LogP contribution in [-0.4, -0.2) is 80.2 Å². The highest BCUT2D eigenvalue weighted by Gasteiger charge is 2.41. The highest BCUT2D eigenvalue weighted by Crippen LogP contribution is 2.32. The molecule has 4 rings (SSSR count). The van der Waals surface area contributed by atoms with Gasteiger partial charge in [0.05, 0.1) is 5.71 Å². The van der Waals surface area contributed by atoms with Crippen molar-refractivity contribution in [3.05, 3.63) is 42.0 Å². The Hall–Kier alpha value is -1.92. The molecule has 3 aliphatic heterocycles. The first kappa shape index (κ1) is 17.5. The van der Waals surface area contributed by atoms with Crippen molar-refractivity contribution in [2.75, 3.05) is 53.6 Å². The molecule has 3 aliphatic rings. The van der Waals surface area contributed by atoms with E-state index in [0.29, 0.717) is 5.75 Å². The number of allylic oxidation sites excluding steroid dienone is 1. The zero-order valence-electron chi connectivity index (χ0n) is 15.5. The first-order valence-electron chi connectivity index (χ1n) is 9.35. The molecule has 6 heteroatoms. The summed E-state index contributed by atoms with van der Waals surface area (Å²) >= 11 is 0. The van der Waals surface area contributed by atoms with E-state index < -0.39 is 6.67 Å². The molecule has 2 fully saturated rings. The topological polar surface area (TPSA) is 31.3 Å². The third kappa shape index (κ3) is 3.48. The molecule has 5 nitrogen and oxygen atoms in total. The summed E-state index contributed by atoms with van der Waals surface area (Å²) < 4.78 is 17.5. The predicted molar refractivity (Wildman–Crippen MR) is 101 cm³/mol. The summed E-state index contributed by atoms with van der Waals surface area (Å²) in [7, 11) is 4.27. The zero-order valence-corrected chi connectivity index (χ0v) is 15.5. The summed E-state index contributed by atoms with van der Waals surface area (Å²) in [6.45, 7) is 4.36. The molecule has 1 aromatic rings. The molecule has 0 radical (unpaired) electrons. The Balaban J connectivity index is 1.40. The fourth-order valence-corrected chi connectivity index (χ4v) is 4.43. The lowest BCUT2D eigenvalue weighted by molar-refractivity contribution is 0.109. The van der Waals surface area contributed by atoms with Crippen LogP contribution in [0.2, 0.25) is 0 Å². The SMILES string of the molecule is CN1CC2CN(C3C=CC(c4ccc(OCCF)cc4)=NN3C)C[C@@H]2C1. The van der Waals surface area contributed by atoms with Crippen LogP contribution in [0.15, 0.2) is 41.5 Å². The molecule has 140 valence electrons. The lowest BCUT2D eigenvalue weighted by Crippen LogP contribution is -2.45. The van der Waals surface area contributed by atoms with E-state index in [9.17, 15) is 4.39 Å². The Morgan fingerprint density at radius 2 is 1.77 bits per heavy atom. The van der Waals surface area contributed by atoms with Crippen LogP contribution in [0.5, 0.6) is 5.75 Å². The van der Waals surface area contributed by atoms with Crippen molar-refractivity contribution < 1.29 is 9.13 Å². The van der Waals surface area contributed by atoms with Gasteiger partial charge in [0.15, 0.2) is 0 Å². The highest BCUT2D eigenvalue weighted by molar-refractivity contribution is 6.09. The van der Waals surface area contributed by atoms with Crippen molar-refractivity contribution in [2.45, 2.75) is 6.17 Å². The Bertz CT molecular complexity index is 676. The van der Waals surface area contributed by atoms with E-state index in [1.54, 1.807) is 0 Å². The Morgan fingerprint density at radius 3 is 2.38 bits per heavy atom. The Labute approximate surface area is 154 Å². The number of benzene rings is 1. The smallest absolute Gasteiger partial charge is 0.123 e. The van der Waals surface area contributed by atoms with Crippen LogP contribution >= 0.6 is 0 Å². The summed E-state index contributed by atoms with van der Waals surface area (Å²) in [5.41, 5.74) is 1.99. The van der Waals surface area contributed by atoms with Gasteiger partial charge in [0.2, 0.25) is 0 Å². The number of rotatable bonds is 5. The predicted octanol–water partition coefficient (Wildman–Crippen LogP) is 2.06. The minimum Gasteiger partial charge on any atom is -0.491 e. The fraction of sp³-hybridized carbons (Fsp3) is 0.550. The van der Waals surface area contributed by atoms with Crippen LogP contribution in [0, 0.1) is 11.8 Å². The third-order valence-corrected chi connectivity index (χ3v) is 5.64. The molecule has 0 amide bonds. The monoisotopic (exact) mass is 358 g/mol. The van der Waals surface area contributed by atoms with Gasteiger partial charge in [-0.25, -0.2) is 4.39 Å². The molecule has 0 aromatic heterocycles. The average Bonchev–Trinajstić information content (AvgIpc) is 3.17. The second-order valence-corrected chi connectivity index (χ2v) is 7.59. The summed E-state index contributed by atoms with van der Waals surface area (Å²) in [4.78, 5) is 5.00. The number of likely N-dealkylation sites (tertiary alicyclic amines) is 2. The molecule has 2 saturated heterocycles. The summed E-state index contributed by atoms with van der Waals surface area (Å²) in [5.74, 6) is 2.28. The molecule has 0 spiro atoms. The molecule has 0 bridgehead atoms. The molecule has 3 atom stereocenters. The quantitative estimate of drug-likeness (QED) is 0.806. The highest BCUT2D eigenvalue weighted by atomic mass is 19.1. The largest absolute Gasteiger partial charge is 0.491 e. The third-order valence-electron chi connectivity index (χ3n) is 5.64. The molecule has 0 aliphatic carbocycles. The van der Waals surface area contributed by atoms with Crippen LogP contribution in [0.4, 0.5) is 4.39 Å². The molecular formula is C20H27FN4O. The zero-order chi connectivity index (χ0) is 18.1. The van der Waals surface area contributed by atoms with Crippen molar-refractivity contribution in [2.24, 2.45) is 16.9 Å². The number of hydrogen-bond donors (Lipinski definition) is 0. The van der Waals surface area contributed by atoms with Crippen LogP contribution in [0.1, 0.15) is 5.56 Å². The van der Waals surface area contributed by atoms with E-state index >= 15 is 0 Å². The maximum atomic E-state index is 12.2. The second kappa shape index (κ2) is 7.37. The fourth-order valence-electron chi connectivity index (χ4n) is 4.43. The first-order valence-corrected chi connectivity index (χ1v) is 9.35. The number of hydrogen-bond acceptors (Lipinski definition) is 5. The van der Waals surface area contributed by atoms with Crippen molar-refractivity contribution >= 4 is 5.71 Å². The van der Waals surface area contributed by atoms with Crippen LogP contribution in [0.3, 0.4) is 0 Å². The van der Waals surface area contributed by atoms with Gasteiger partial charge in [0.1, 0.15) is 25.2 Å². The molecule has 1 aromatic carbocycles. The van der Waals surface area contributed by atoms with Crippen molar-refractivity contribution in [1.29, 1.82) is 0 Å². The summed E-state index contributed by atoms with van der Waals surface area (Å²) in [5, 5.41) is 6.85. The van der Waals surface area contributed by atoms with Gasteiger partial charge in [-0.3, -0.25) is 9.91 Å². The number of nitrogens with zero attached hydrogens (tertiary/aromatic N) is 4. The second-order valence-electron chi connectivity index (χ2n) is 7.59. The lowest BCUT2D eigenvalue weighted by Gasteiger charge is -2.34. The van der Waals surface area contributed by atoms with Crippen molar-refractivity contribution in [3.8, 4) is 5.75 Å². The van der Waals surface area contributed by atoms with Gasteiger partial charge in [0, 0.05) is 38.8 Å². The van der Waals surface area contributed by atoms with Crippen molar-refractivity contribution in [3.63, 3.8) is 0 Å². The minimum absolute atomic E-state index is 0.0955. The van der Waals surface area contributed by atoms with Gasteiger partial charge in [-0.2, -0.15) is 5.10 Å². The summed E-state index contributed by atoms with van der Waals surface area (Å²) in [6, 6.07) is 7.68. The van der Waals surface area contributed by atoms with E-state index in [1.165, 1.54) is 13.1 Å². The minimum atomic E-state index is -0.474. The van der Waals surface area contributed by atoms with Crippen LogP contribution in [-0.2, 0) is 0 Å². The number of ether oxygens (including phenoxy) is 1. The Morgan fingerprint density at radius 1 is 1.08 bits per heavy atom. The number of likely N-dealkylation sites (N-methyl/N-ethyl adjacent to an activating group) is 1. The summed E-state index contributed by atoms with van der Waals surface area (Å²) in [6.07, 6.45) is 4.60.